The summed E-state index contributed by atoms with van der Waals surface area (Å²) in [4.78, 5) is 53.7. The average Bonchev–Trinajstić information content (AvgIpc) is 3.25. The van der Waals surface area contributed by atoms with Gasteiger partial charge < -0.3 is 25.0 Å². The second-order valence-electron chi connectivity index (χ2n) is 9.87. The van der Waals surface area contributed by atoms with E-state index in [2.05, 4.69) is 5.32 Å². The van der Waals surface area contributed by atoms with Crippen molar-refractivity contribution in [3.05, 3.63) is 60.9 Å². The Morgan fingerprint density at radius 1 is 1.17 bits per heavy atom. The molecule has 0 spiro atoms. The van der Waals surface area contributed by atoms with Crippen LogP contribution in [-0.4, -0.2) is 64.2 Å². The largest absolute Gasteiger partial charge is 0.496 e. The number of benzene rings is 1. The molecule has 0 saturated heterocycles. The summed E-state index contributed by atoms with van der Waals surface area (Å²) in [7, 11) is 1.46. The van der Waals surface area contributed by atoms with Crippen molar-refractivity contribution < 1.29 is 33.7 Å². The van der Waals surface area contributed by atoms with Crippen molar-refractivity contribution >= 4 is 33.4 Å². The van der Waals surface area contributed by atoms with Crippen molar-refractivity contribution in [2.24, 2.45) is 0 Å². The van der Waals surface area contributed by atoms with E-state index < -0.39 is 34.5 Å². The molecule has 0 fully saturated rings. The minimum absolute atomic E-state index is 0.0412. The zero-order valence-corrected chi connectivity index (χ0v) is 25.2. The molecule has 0 radical (unpaired) electrons. The number of rotatable bonds is 10. The number of thiophene rings is 1. The zero-order chi connectivity index (χ0) is 31.1. The van der Waals surface area contributed by atoms with Gasteiger partial charge in [-0.05, 0) is 77.3 Å². The van der Waals surface area contributed by atoms with Crippen LogP contribution in [0.15, 0.2) is 27.8 Å². The zero-order valence-electron chi connectivity index (χ0n) is 24.4. The van der Waals surface area contributed by atoms with Gasteiger partial charge in [-0.25, -0.2) is 18.5 Å². The molecule has 13 heteroatoms. The van der Waals surface area contributed by atoms with Gasteiger partial charge in [0.15, 0.2) is 0 Å². The first-order chi connectivity index (χ1) is 19.3. The topological polar surface area (TPSA) is 149 Å². The second-order valence-corrected chi connectivity index (χ2v) is 10.9. The molecule has 0 aliphatic rings. The lowest BCUT2D eigenvalue weighted by Crippen LogP contribution is -2.56. The van der Waals surface area contributed by atoms with Crippen LogP contribution in [0.4, 0.5) is 4.39 Å². The highest BCUT2D eigenvalue weighted by atomic mass is 32.1. The molecular formula is C28H38FN3O8S. The van der Waals surface area contributed by atoms with Gasteiger partial charge in [0.1, 0.15) is 26.8 Å². The fourth-order valence-corrected chi connectivity index (χ4v) is 5.36. The van der Waals surface area contributed by atoms with Crippen LogP contribution < -0.4 is 21.3 Å². The number of aryl methyl sites for hydroxylation is 3. The molecule has 3 aromatic rings. The standard InChI is InChI=1S/C26H32FN3O6S.C2H6O2/c1-8-36-23(32)20-15(4)19-21(31)30(26(5,6)24(33)28-14(2)3)25(34)29(22(19)37-20)12-11-16-13-17(27)9-10-18(16)35-7;3-1-2-4/h9-10,13-14H,8,11-12H2,1-7H3,(H,28,33);3-4H,1-2H2. The highest BCUT2D eigenvalue weighted by molar-refractivity contribution is 7.20. The average molecular weight is 596 g/mol. The van der Waals surface area contributed by atoms with Gasteiger partial charge in [0, 0.05) is 12.6 Å². The third-order valence-corrected chi connectivity index (χ3v) is 7.45. The molecule has 41 heavy (non-hydrogen) atoms. The highest BCUT2D eigenvalue weighted by Crippen LogP contribution is 2.30. The fourth-order valence-electron chi connectivity index (χ4n) is 4.14. The first kappa shape index (κ1) is 33.7. The lowest BCUT2D eigenvalue weighted by Gasteiger charge is -2.27. The third kappa shape index (κ3) is 7.40. The van der Waals surface area contributed by atoms with Crippen LogP contribution in [0.1, 0.15) is 55.4 Å². The number of amides is 1. The number of esters is 1. The van der Waals surface area contributed by atoms with Crippen molar-refractivity contribution in [1.82, 2.24) is 14.5 Å². The van der Waals surface area contributed by atoms with Gasteiger partial charge in [0.25, 0.3) is 5.56 Å². The number of hydrogen-bond donors (Lipinski definition) is 3. The monoisotopic (exact) mass is 595 g/mol. The van der Waals surface area contributed by atoms with Crippen LogP contribution in [0.3, 0.4) is 0 Å². The molecule has 1 amide bonds. The summed E-state index contributed by atoms with van der Waals surface area (Å²) in [5.41, 5.74) is -2.03. The predicted molar refractivity (Wildman–Crippen MR) is 154 cm³/mol. The molecular weight excluding hydrogens is 557 g/mol. The Morgan fingerprint density at radius 2 is 1.80 bits per heavy atom. The molecule has 0 atom stereocenters. The molecule has 0 bridgehead atoms. The number of halogens is 1. The predicted octanol–water partition coefficient (Wildman–Crippen LogP) is 2.33. The normalized spacial score (nSPS) is 11.3. The van der Waals surface area contributed by atoms with Crippen LogP contribution in [-0.2, 0) is 28.0 Å². The van der Waals surface area contributed by atoms with Gasteiger partial charge in [0.05, 0.1) is 32.3 Å². The number of fused-ring (bicyclic) bond motifs is 1. The maximum atomic E-state index is 14.0. The molecule has 11 nitrogen and oxygen atoms in total. The number of aliphatic hydroxyl groups excluding tert-OH is 2. The Bertz CT molecular complexity index is 1500. The number of aliphatic hydroxyl groups is 2. The van der Waals surface area contributed by atoms with Crippen LogP contribution >= 0.6 is 11.3 Å². The van der Waals surface area contributed by atoms with Crippen LogP contribution in [0, 0.1) is 12.7 Å². The summed E-state index contributed by atoms with van der Waals surface area (Å²) in [6.45, 7) is 9.76. The van der Waals surface area contributed by atoms with E-state index >= 15 is 0 Å². The quantitative estimate of drug-likeness (QED) is 0.303. The van der Waals surface area contributed by atoms with E-state index in [9.17, 15) is 23.6 Å². The fraction of sp³-hybridized carbons (Fsp3) is 0.500. The Labute approximate surface area is 241 Å². The van der Waals surface area contributed by atoms with Crippen molar-refractivity contribution in [3.8, 4) is 5.75 Å². The summed E-state index contributed by atoms with van der Waals surface area (Å²) < 4.78 is 26.7. The minimum atomic E-state index is -1.54. The molecule has 0 unspecified atom stereocenters. The van der Waals surface area contributed by atoms with Gasteiger partial charge in [-0.1, -0.05) is 0 Å². The minimum Gasteiger partial charge on any atom is -0.496 e. The van der Waals surface area contributed by atoms with Gasteiger partial charge in [-0.3, -0.25) is 14.2 Å². The second kappa shape index (κ2) is 14.4. The van der Waals surface area contributed by atoms with Crippen molar-refractivity contribution in [2.45, 2.75) is 66.1 Å². The van der Waals surface area contributed by atoms with E-state index in [1.54, 1.807) is 27.7 Å². The SMILES string of the molecule is CCOC(=O)c1sc2c(c1C)c(=O)n(C(C)(C)C(=O)NC(C)C)c(=O)n2CCc1cc(F)ccc1OC.OCCO. The van der Waals surface area contributed by atoms with Crippen LogP contribution in [0.5, 0.6) is 5.75 Å². The third-order valence-electron chi connectivity index (χ3n) is 6.15. The van der Waals surface area contributed by atoms with Crippen molar-refractivity contribution in [1.29, 1.82) is 0 Å². The Hall–Kier alpha value is -3.55. The molecule has 226 valence electrons. The number of aromatic nitrogens is 2. The van der Waals surface area contributed by atoms with Gasteiger partial charge in [-0.2, -0.15) is 0 Å². The van der Waals surface area contributed by atoms with E-state index in [4.69, 9.17) is 19.7 Å². The Kier molecular flexibility index (Phi) is 11.8. The summed E-state index contributed by atoms with van der Waals surface area (Å²) in [5, 5.41) is 18.2. The summed E-state index contributed by atoms with van der Waals surface area (Å²) in [6, 6.07) is 3.88. The van der Waals surface area contributed by atoms with E-state index in [-0.39, 0.29) is 53.9 Å². The first-order valence-corrected chi connectivity index (χ1v) is 13.9. The molecule has 0 aliphatic carbocycles. The molecule has 2 heterocycles. The Morgan fingerprint density at radius 3 is 2.34 bits per heavy atom. The van der Waals surface area contributed by atoms with E-state index in [0.29, 0.717) is 16.9 Å². The summed E-state index contributed by atoms with van der Waals surface area (Å²) >= 11 is 0.983. The van der Waals surface area contributed by atoms with E-state index in [1.807, 2.05) is 0 Å². The summed E-state index contributed by atoms with van der Waals surface area (Å²) in [6.07, 6.45) is 0.193. The number of carbonyl (C=O) groups excluding carboxylic acids is 2. The van der Waals surface area contributed by atoms with Crippen LogP contribution in [0.2, 0.25) is 0 Å². The maximum absolute atomic E-state index is 14.0. The molecule has 3 rings (SSSR count). The molecule has 0 aliphatic heterocycles. The number of carbonyl (C=O) groups is 2. The summed E-state index contributed by atoms with van der Waals surface area (Å²) in [5.74, 6) is -1.11. The number of nitrogens with one attached hydrogen (secondary N) is 1. The number of ether oxygens (including phenoxy) is 2. The van der Waals surface area contributed by atoms with Gasteiger partial charge in [0.2, 0.25) is 5.91 Å². The maximum Gasteiger partial charge on any atom is 0.348 e. The lowest BCUT2D eigenvalue weighted by atomic mass is 10.0. The molecule has 2 aromatic heterocycles. The molecule has 1 aromatic carbocycles. The lowest BCUT2D eigenvalue weighted by molar-refractivity contribution is -0.129. The van der Waals surface area contributed by atoms with Gasteiger partial charge >= 0.3 is 11.7 Å². The van der Waals surface area contributed by atoms with Gasteiger partial charge in [-0.15, -0.1) is 11.3 Å². The number of hydrogen-bond acceptors (Lipinski definition) is 9. The molecule has 3 N–H and O–H groups in total. The number of nitrogens with zero attached hydrogens (tertiary/aromatic N) is 2. The Balaban J connectivity index is 0.00000138. The van der Waals surface area contributed by atoms with Crippen molar-refractivity contribution in [3.63, 3.8) is 0 Å². The van der Waals surface area contributed by atoms with E-state index in [1.165, 1.54) is 43.7 Å². The van der Waals surface area contributed by atoms with Crippen molar-refractivity contribution in [2.75, 3.05) is 26.9 Å². The smallest absolute Gasteiger partial charge is 0.348 e. The number of methoxy groups -OCH3 is 1. The first-order valence-electron chi connectivity index (χ1n) is 13.1. The van der Waals surface area contributed by atoms with E-state index in [0.717, 1.165) is 15.9 Å². The van der Waals surface area contributed by atoms with Crippen LogP contribution in [0.25, 0.3) is 10.2 Å². The highest BCUT2D eigenvalue weighted by Gasteiger charge is 2.36. The molecule has 0 saturated carbocycles.